The molecule has 4 rings (SSSR count). The van der Waals surface area contributed by atoms with Crippen LogP contribution in [0.2, 0.25) is 0 Å². The van der Waals surface area contributed by atoms with Crippen molar-refractivity contribution in [1.82, 2.24) is 4.90 Å². The van der Waals surface area contributed by atoms with Crippen molar-refractivity contribution in [3.05, 3.63) is 30.2 Å². The van der Waals surface area contributed by atoms with Gasteiger partial charge in [-0.3, -0.25) is 4.90 Å². The molecule has 21 heavy (non-hydrogen) atoms. The lowest BCUT2D eigenvalue weighted by atomic mass is 10.2. The Labute approximate surface area is 123 Å². The molecule has 0 atom stereocenters. The summed E-state index contributed by atoms with van der Waals surface area (Å²) in [7, 11) is 0. The Balaban J connectivity index is 1.45. The van der Waals surface area contributed by atoms with E-state index in [1.54, 1.807) is 0 Å². The van der Waals surface area contributed by atoms with E-state index >= 15 is 0 Å². The zero-order valence-electron chi connectivity index (χ0n) is 11.7. The van der Waals surface area contributed by atoms with Gasteiger partial charge in [0.15, 0.2) is 18.2 Å². The van der Waals surface area contributed by atoms with Crippen molar-refractivity contribution in [2.45, 2.75) is 6.10 Å². The molecule has 112 valence electrons. The summed E-state index contributed by atoms with van der Waals surface area (Å²) < 4.78 is 16.8. The van der Waals surface area contributed by atoms with E-state index in [0.29, 0.717) is 19.9 Å². The molecule has 1 N–H and O–H groups in total. The lowest BCUT2D eigenvalue weighted by Crippen LogP contribution is -2.51. The third-order valence-electron chi connectivity index (χ3n) is 3.86. The molecule has 0 bridgehead atoms. The second kappa shape index (κ2) is 5.13. The van der Waals surface area contributed by atoms with E-state index in [-0.39, 0.29) is 6.10 Å². The average molecular weight is 290 g/mol. The maximum Gasteiger partial charge on any atom is 0.165 e. The maximum atomic E-state index is 9.30. The fraction of sp³-hybridized carbons (Fsp3) is 0.467. The minimum Gasteiger partial charge on any atom is -0.486 e. The van der Waals surface area contributed by atoms with Crippen LogP contribution < -0.4 is 14.4 Å². The Hall–Kier alpha value is -1.92. The van der Waals surface area contributed by atoms with Crippen LogP contribution in [0.15, 0.2) is 30.2 Å². The fourth-order valence-corrected chi connectivity index (χ4v) is 2.74. The number of aliphatic hydroxyl groups is 1. The van der Waals surface area contributed by atoms with Crippen molar-refractivity contribution < 1.29 is 19.3 Å². The van der Waals surface area contributed by atoms with Crippen LogP contribution in [0.5, 0.6) is 11.5 Å². The molecule has 0 amide bonds. The molecule has 1 saturated heterocycles. The normalized spacial score (nSPS) is 21.8. The summed E-state index contributed by atoms with van der Waals surface area (Å²) in [5.41, 5.74) is 1.03. The van der Waals surface area contributed by atoms with Crippen molar-refractivity contribution in [2.24, 2.45) is 0 Å². The van der Waals surface area contributed by atoms with Gasteiger partial charge < -0.3 is 24.2 Å². The fourth-order valence-electron chi connectivity index (χ4n) is 2.74. The highest BCUT2D eigenvalue weighted by Gasteiger charge is 2.27. The number of aliphatic hydroxyl groups excluding tert-OH is 1. The van der Waals surface area contributed by atoms with E-state index in [4.69, 9.17) is 14.2 Å². The molecular formula is C15H18N2O4. The molecule has 6 heteroatoms. The minimum atomic E-state index is -0.180. The van der Waals surface area contributed by atoms with Gasteiger partial charge in [0, 0.05) is 31.0 Å². The van der Waals surface area contributed by atoms with Gasteiger partial charge in [0.2, 0.25) is 0 Å². The largest absolute Gasteiger partial charge is 0.486 e. The first-order valence-corrected chi connectivity index (χ1v) is 7.18. The van der Waals surface area contributed by atoms with Gasteiger partial charge in [-0.1, -0.05) is 0 Å². The summed E-state index contributed by atoms with van der Waals surface area (Å²) in [6.07, 6.45) is 1.83. The van der Waals surface area contributed by atoms with E-state index in [1.807, 2.05) is 29.3 Å². The number of β-amino-alcohol motifs (C(OH)–C–C–N with tert-alkyl or cyclic N) is 1. The molecule has 3 heterocycles. The second-order valence-corrected chi connectivity index (χ2v) is 5.51. The Morgan fingerprint density at radius 3 is 2.71 bits per heavy atom. The first kappa shape index (κ1) is 12.8. The van der Waals surface area contributed by atoms with Crippen LogP contribution in [0.3, 0.4) is 0 Å². The predicted molar refractivity (Wildman–Crippen MR) is 76.4 cm³/mol. The molecule has 0 saturated carbocycles. The third-order valence-corrected chi connectivity index (χ3v) is 3.86. The van der Waals surface area contributed by atoms with Gasteiger partial charge >= 0.3 is 0 Å². The van der Waals surface area contributed by atoms with E-state index in [0.717, 1.165) is 42.6 Å². The van der Waals surface area contributed by atoms with Gasteiger partial charge in [-0.2, -0.15) is 0 Å². The first-order chi connectivity index (χ1) is 10.3. The molecule has 0 unspecified atom stereocenters. The maximum absolute atomic E-state index is 9.30. The molecule has 1 aromatic rings. The summed E-state index contributed by atoms with van der Waals surface area (Å²) in [5.74, 6) is 2.51. The summed E-state index contributed by atoms with van der Waals surface area (Å²) >= 11 is 0. The first-order valence-electron chi connectivity index (χ1n) is 7.18. The number of hydrogen-bond acceptors (Lipinski definition) is 6. The molecule has 3 aliphatic heterocycles. The SMILES string of the molecule is OC1CN(CC2=CN(c3ccc4c(c3)OCCO4)CO2)C1. The van der Waals surface area contributed by atoms with Crippen molar-refractivity contribution in [2.75, 3.05) is 44.5 Å². The lowest BCUT2D eigenvalue weighted by Gasteiger charge is -2.35. The zero-order chi connectivity index (χ0) is 14.2. The van der Waals surface area contributed by atoms with Crippen molar-refractivity contribution in [3.8, 4) is 11.5 Å². The third kappa shape index (κ3) is 2.52. The van der Waals surface area contributed by atoms with Crippen LogP contribution in [0, 0.1) is 0 Å². The van der Waals surface area contributed by atoms with Crippen molar-refractivity contribution >= 4 is 5.69 Å². The second-order valence-electron chi connectivity index (χ2n) is 5.51. The van der Waals surface area contributed by atoms with Gasteiger partial charge in [-0.15, -0.1) is 0 Å². The van der Waals surface area contributed by atoms with Gasteiger partial charge in [0.05, 0.1) is 12.6 Å². The number of hydrogen-bond donors (Lipinski definition) is 1. The quantitative estimate of drug-likeness (QED) is 0.887. The number of anilines is 1. The molecule has 6 nitrogen and oxygen atoms in total. The number of nitrogens with zero attached hydrogens (tertiary/aromatic N) is 2. The summed E-state index contributed by atoms with van der Waals surface area (Å²) in [6.45, 7) is 3.90. The van der Waals surface area contributed by atoms with Crippen LogP contribution in [-0.2, 0) is 4.74 Å². The molecule has 0 aromatic heterocycles. The summed E-state index contributed by atoms with van der Waals surface area (Å²) in [5, 5.41) is 9.30. The van der Waals surface area contributed by atoms with Crippen LogP contribution in [0.4, 0.5) is 5.69 Å². The minimum absolute atomic E-state index is 0.180. The monoisotopic (exact) mass is 290 g/mol. The van der Waals surface area contributed by atoms with Gasteiger partial charge in [-0.05, 0) is 12.1 Å². The topological polar surface area (TPSA) is 54.4 Å². The van der Waals surface area contributed by atoms with E-state index in [2.05, 4.69) is 4.90 Å². The van der Waals surface area contributed by atoms with E-state index < -0.39 is 0 Å². The lowest BCUT2D eigenvalue weighted by molar-refractivity contribution is 0.000700. The number of ether oxygens (including phenoxy) is 3. The van der Waals surface area contributed by atoms with Crippen LogP contribution in [-0.4, -0.2) is 55.7 Å². The molecular weight excluding hydrogens is 272 g/mol. The molecule has 3 aliphatic rings. The van der Waals surface area contributed by atoms with Crippen LogP contribution in [0.1, 0.15) is 0 Å². The van der Waals surface area contributed by atoms with Gasteiger partial charge in [0.25, 0.3) is 0 Å². The van der Waals surface area contributed by atoms with Crippen molar-refractivity contribution in [1.29, 1.82) is 0 Å². The number of rotatable bonds is 3. The number of fused-ring (bicyclic) bond motifs is 1. The number of likely N-dealkylation sites (tertiary alicyclic amines) is 1. The molecule has 1 aromatic carbocycles. The molecule has 1 fully saturated rings. The Morgan fingerprint density at radius 1 is 1.10 bits per heavy atom. The summed E-state index contributed by atoms with van der Waals surface area (Å²) in [6, 6.07) is 5.91. The number of benzene rings is 1. The van der Waals surface area contributed by atoms with Gasteiger partial charge in [-0.25, -0.2) is 0 Å². The Bertz CT molecular complexity index is 569. The molecule has 0 aliphatic carbocycles. The van der Waals surface area contributed by atoms with Crippen LogP contribution >= 0.6 is 0 Å². The van der Waals surface area contributed by atoms with E-state index in [9.17, 15) is 5.11 Å². The van der Waals surface area contributed by atoms with Gasteiger partial charge in [0.1, 0.15) is 19.0 Å². The standard InChI is InChI=1S/C15H18N2O4/c18-12-6-16(7-12)8-13-9-17(10-21-13)11-1-2-14-15(5-11)20-4-3-19-14/h1-2,5,9,12,18H,3-4,6-8,10H2. The average Bonchev–Trinajstić information content (AvgIpc) is 2.94. The highest BCUT2D eigenvalue weighted by molar-refractivity contribution is 5.58. The summed E-state index contributed by atoms with van der Waals surface area (Å²) in [4.78, 5) is 4.20. The highest BCUT2D eigenvalue weighted by atomic mass is 16.6. The van der Waals surface area contributed by atoms with Crippen molar-refractivity contribution in [3.63, 3.8) is 0 Å². The van der Waals surface area contributed by atoms with Crippen LogP contribution in [0.25, 0.3) is 0 Å². The Morgan fingerprint density at radius 2 is 1.90 bits per heavy atom. The van der Waals surface area contributed by atoms with E-state index in [1.165, 1.54) is 0 Å². The Kier molecular flexibility index (Phi) is 3.12. The highest BCUT2D eigenvalue weighted by Crippen LogP contribution is 2.35. The molecule has 0 spiro atoms. The zero-order valence-corrected chi connectivity index (χ0v) is 11.7. The predicted octanol–water partition coefficient (Wildman–Crippen LogP) is 0.770. The smallest absolute Gasteiger partial charge is 0.165 e. The molecule has 0 radical (unpaired) electrons.